The van der Waals surface area contributed by atoms with Crippen LogP contribution < -0.4 is 15.0 Å². The van der Waals surface area contributed by atoms with Gasteiger partial charge in [-0.15, -0.1) is 11.3 Å². The molecule has 2 aliphatic rings. The second-order valence-corrected chi connectivity index (χ2v) is 14.5. The van der Waals surface area contributed by atoms with Gasteiger partial charge in [-0.3, -0.25) is 14.4 Å². The second kappa shape index (κ2) is 12.7. The first-order valence-electron chi connectivity index (χ1n) is 13.8. The van der Waals surface area contributed by atoms with E-state index in [1.807, 2.05) is 18.0 Å². The van der Waals surface area contributed by atoms with Gasteiger partial charge in [0.25, 0.3) is 17.7 Å². The van der Waals surface area contributed by atoms with Crippen LogP contribution in [0.2, 0.25) is 5.02 Å². The van der Waals surface area contributed by atoms with Crippen LogP contribution in [0.15, 0.2) is 42.5 Å². The van der Waals surface area contributed by atoms with Crippen molar-refractivity contribution in [2.24, 2.45) is 0 Å². The summed E-state index contributed by atoms with van der Waals surface area (Å²) in [4.78, 5) is 46.3. The fraction of sp³-hybridized carbons (Fsp3) is 0.367. The van der Waals surface area contributed by atoms with Crippen molar-refractivity contribution in [2.75, 3.05) is 70.3 Å². The molecule has 1 aromatic heterocycles. The number of hydrogen-bond donors (Lipinski definition) is 1. The summed E-state index contributed by atoms with van der Waals surface area (Å²) in [6.45, 7) is 3.28. The van der Waals surface area contributed by atoms with E-state index in [0.717, 1.165) is 35.3 Å². The van der Waals surface area contributed by atoms with Crippen LogP contribution in [-0.2, 0) is 16.3 Å². The van der Waals surface area contributed by atoms with E-state index in [2.05, 4.69) is 10.2 Å². The lowest BCUT2D eigenvalue weighted by Crippen LogP contribution is -2.47. The topological polar surface area (TPSA) is 116 Å². The molecule has 0 radical (unpaired) electrons. The molecule has 1 saturated heterocycles. The second-order valence-electron chi connectivity index (χ2n) is 10.8. The number of rotatable bonds is 7. The van der Waals surface area contributed by atoms with Crippen LogP contribution in [0.5, 0.6) is 5.75 Å². The van der Waals surface area contributed by atoms with Crippen molar-refractivity contribution in [3.63, 3.8) is 0 Å². The van der Waals surface area contributed by atoms with Crippen LogP contribution in [0.25, 0.3) is 10.4 Å². The zero-order valence-corrected chi connectivity index (χ0v) is 26.6. The minimum Gasteiger partial charge on any atom is -0.493 e. The minimum absolute atomic E-state index is 0.0145. The molecule has 13 heteroatoms. The Morgan fingerprint density at radius 1 is 1.05 bits per heavy atom. The highest BCUT2D eigenvalue weighted by atomic mass is 35.5. The Hall–Kier alpha value is -3.45. The Morgan fingerprint density at radius 3 is 2.49 bits per heavy atom. The summed E-state index contributed by atoms with van der Waals surface area (Å²) in [5, 5.41) is 2.99. The lowest BCUT2D eigenvalue weighted by atomic mass is 10.0. The monoisotopic (exact) mass is 644 g/mol. The van der Waals surface area contributed by atoms with Gasteiger partial charge in [-0.05, 0) is 55.1 Å². The molecule has 0 spiro atoms. The number of hydrogen-bond acceptors (Lipinski definition) is 8. The smallest absolute Gasteiger partial charge is 0.268 e. The predicted octanol–water partition coefficient (Wildman–Crippen LogP) is 3.44. The van der Waals surface area contributed by atoms with Crippen LogP contribution in [-0.4, -0.2) is 101 Å². The predicted molar refractivity (Wildman–Crippen MR) is 169 cm³/mol. The van der Waals surface area contributed by atoms with Gasteiger partial charge in [0.1, 0.15) is 15.6 Å². The average Bonchev–Trinajstić information content (AvgIpc) is 3.32. The molecule has 5 rings (SSSR count). The number of carbonyl (C=O) groups excluding carboxylic acids is 3. The molecular weight excluding hydrogens is 612 g/mol. The molecule has 43 heavy (non-hydrogen) atoms. The van der Waals surface area contributed by atoms with Crippen molar-refractivity contribution in [3.8, 4) is 16.2 Å². The summed E-state index contributed by atoms with van der Waals surface area (Å²) >= 11 is 7.85. The van der Waals surface area contributed by atoms with Gasteiger partial charge in [0.15, 0.2) is 0 Å². The van der Waals surface area contributed by atoms with Gasteiger partial charge in [0.05, 0.1) is 27.9 Å². The SMILES string of the molecule is CN1CCN(C(=O)c2ccc(Cl)c(N(C)C(=O)c3cc4c(s3)-c3ccc(C(=O)NCCS(C)(=O)=O)cc3OCC4)c2)CC1. The Labute approximate surface area is 260 Å². The number of sulfone groups is 1. The molecule has 1 N–H and O–H groups in total. The fourth-order valence-corrected chi connectivity index (χ4v) is 6.94. The molecule has 228 valence electrons. The molecule has 1 fully saturated rings. The summed E-state index contributed by atoms with van der Waals surface area (Å²) in [7, 11) is 0.479. The maximum atomic E-state index is 13.7. The third-order valence-corrected chi connectivity index (χ3v) is 10.0. The van der Waals surface area contributed by atoms with Crippen molar-refractivity contribution >= 4 is 56.2 Å². The zero-order valence-electron chi connectivity index (χ0n) is 24.2. The molecule has 2 aliphatic heterocycles. The summed E-state index contributed by atoms with van der Waals surface area (Å²) in [6, 6.07) is 11.9. The number of amides is 3. The van der Waals surface area contributed by atoms with E-state index in [1.54, 1.807) is 43.4 Å². The van der Waals surface area contributed by atoms with Crippen molar-refractivity contribution in [1.29, 1.82) is 0 Å². The number of anilines is 1. The quantitative estimate of drug-likeness (QED) is 0.419. The van der Waals surface area contributed by atoms with Crippen molar-refractivity contribution in [3.05, 3.63) is 69.1 Å². The van der Waals surface area contributed by atoms with E-state index >= 15 is 0 Å². The van der Waals surface area contributed by atoms with E-state index in [-0.39, 0.29) is 24.1 Å². The lowest BCUT2D eigenvalue weighted by Gasteiger charge is -2.32. The standard InChI is InChI=1S/C30H33ClN4O6S2/c1-33-10-12-35(13-11-33)29(37)21-5-7-23(31)24(16-21)34(2)30(38)26-18-19-8-14-41-25-17-20(4-6-22(25)27(19)42-26)28(36)32-9-15-43(3,39)40/h4-7,16-18H,8-15H2,1-3H3,(H,32,36). The van der Waals surface area contributed by atoms with Crippen molar-refractivity contribution in [1.82, 2.24) is 15.1 Å². The Bertz CT molecular complexity index is 1680. The molecule has 3 amide bonds. The number of nitrogens with zero attached hydrogens (tertiary/aromatic N) is 3. The first-order valence-corrected chi connectivity index (χ1v) is 17.1. The fourth-order valence-electron chi connectivity index (χ4n) is 5.01. The highest BCUT2D eigenvalue weighted by Gasteiger charge is 2.26. The van der Waals surface area contributed by atoms with Crippen LogP contribution in [0.4, 0.5) is 5.69 Å². The van der Waals surface area contributed by atoms with Gasteiger partial charge < -0.3 is 24.8 Å². The van der Waals surface area contributed by atoms with E-state index < -0.39 is 15.7 Å². The molecular formula is C30H33ClN4O6S2. The van der Waals surface area contributed by atoms with E-state index in [4.69, 9.17) is 16.3 Å². The molecule has 0 atom stereocenters. The zero-order chi connectivity index (χ0) is 30.9. The normalized spacial score (nSPS) is 15.1. The molecule has 0 saturated carbocycles. The van der Waals surface area contributed by atoms with E-state index in [9.17, 15) is 22.8 Å². The van der Waals surface area contributed by atoms with Crippen LogP contribution in [0.3, 0.4) is 0 Å². The summed E-state index contributed by atoms with van der Waals surface area (Å²) < 4.78 is 28.7. The van der Waals surface area contributed by atoms with Crippen molar-refractivity contribution in [2.45, 2.75) is 6.42 Å². The number of thiophene rings is 1. The lowest BCUT2D eigenvalue weighted by molar-refractivity contribution is 0.0663. The Morgan fingerprint density at radius 2 is 1.77 bits per heavy atom. The number of carbonyl (C=O) groups is 3. The average molecular weight is 645 g/mol. The van der Waals surface area contributed by atoms with E-state index in [1.165, 1.54) is 16.2 Å². The number of likely N-dealkylation sites (N-methyl/N-ethyl adjacent to an activating group) is 1. The highest BCUT2D eigenvalue weighted by Crippen LogP contribution is 2.42. The Kier molecular flexibility index (Phi) is 9.12. The van der Waals surface area contributed by atoms with Crippen LogP contribution >= 0.6 is 22.9 Å². The van der Waals surface area contributed by atoms with Gasteiger partial charge in [-0.2, -0.15) is 0 Å². The molecule has 0 bridgehead atoms. The first kappa shape index (κ1) is 31.0. The molecule has 2 aromatic carbocycles. The molecule has 0 unspecified atom stereocenters. The third kappa shape index (κ3) is 7.04. The number of benzene rings is 2. The van der Waals surface area contributed by atoms with Crippen LogP contribution in [0, 0.1) is 0 Å². The maximum absolute atomic E-state index is 13.7. The minimum atomic E-state index is -3.19. The van der Waals surface area contributed by atoms with Gasteiger partial charge in [0, 0.05) is 74.0 Å². The highest BCUT2D eigenvalue weighted by molar-refractivity contribution is 7.90. The number of halogens is 1. The van der Waals surface area contributed by atoms with Gasteiger partial charge >= 0.3 is 0 Å². The summed E-state index contributed by atoms with van der Waals surface area (Å²) in [5.74, 6) is -0.370. The van der Waals surface area contributed by atoms with E-state index in [0.29, 0.717) is 58.6 Å². The largest absolute Gasteiger partial charge is 0.493 e. The summed E-state index contributed by atoms with van der Waals surface area (Å²) in [5.41, 5.74) is 3.00. The number of fused-ring (bicyclic) bond motifs is 3. The molecule has 10 nitrogen and oxygen atoms in total. The van der Waals surface area contributed by atoms with Crippen LogP contribution in [0.1, 0.15) is 36.0 Å². The summed E-state index contributed by atoms with van der Waals surface area (Å²) in [6.07, 6.45) is 1.69. The van der Waals surface area contributed by atoms with Crippen molar-refractivity contribution < 1.29 is 27.5 Å². The Balaban J connectivity index is 1.35. The number of nitrogens with one attached hydrogen (secondary N) is 1. The van der Waals surface area contributed by atoms with Gasteiger partial charge in [-0.1, -0.05) is 11.6 Å². The molecule has 0 aliphatic carbocycles. The number of piperazine rings is 1. The van der Waals surface area contributed by atoms with Gasteiger partial charge in [0.2, 0.25) is 0 Å². The number of ether oxygens (including phenoxy) is 1. The first-order chi connectivity index (χ1) is 20.4. The third-order valence-electron chi connectivity index (χ3n) is 7.55. The molecule has 3 heterocycles. The maximum Gasteiger partial charge on any atom is 0.268 e. The van der Waals surface area contributed by atoms with Gasteiger partial charge in [-0.25, -0.2) is 8.42 Å². The molecule has 3 aromatic rings.